The van der Waals surface area contributed by atoms with Gasteiger partial charge >= 0.3 is 5.97 Å². The van der Waals surface area contributed by atoms with Crippen molar-refractivity contribution in [3.05, 3.63) is 42.2 Å². The highest BCUT2D eigenvalue weighted by Gasteiger charge is 2.30. The van der Waals surface area contributed by atoms with Gasteiger partial charge in [0.05, 0.1) is 32.3 Å². The molecular formula is C22H26N2O5. The molecule has 0 N–H and O–H groups in total. The summed E-state index contributed by atoms with van der Waals surface area (Å²) in [6.45, 7) is 3.11. The Labute approximate surface area is 170 Å². The van der Waals surface area contributed by atoms with Crippen LogP contribution in [0.25, 0.3) is 11.1 Å². The van der Waals surface area contributed by atoms with Crippen molar-refractivity contribution in [2.24, 2.45) is 5.92 Å². The molecule has 1 fully saturated rings. The number of hydrogen-bond acceptors (Lipinski definition) is 6. The minimum Gasteiger partial charge on any atom is -0.497 e. The number of amides is 1. The standard InChI is InChI=1S/C22H26N2O5/c1-4-29-22(26)15-6-5-9-24(14-15)21(25)17-10-16(12-23-13-17)19-11-18(27-2)7-8-20(19)28-3/h7-8,10-13,15H,4-6,9,14H2,1-3H3. The monoisotopic (exact) mass is 398 g/mol. The molecule has 1 amide bonds. The van der Waals surface area contributed by atoms with Crippen molar-refractivity contribution < 1.29 is 23.8 Å². The number of methoxy groups -OCH3 is 2. The molecule has 0 aliphatic carbocycles. The molecule has 0 saturated carbocycles. The highest BCUT2D eigenvalue weighted by molar-refractivity contribution is 5.95. The molecule has 1 unspecified atom stereocenters. The van der Waals surface area contributed by atoms with Gasteiger partial charge in [-0.15, -0.1) is 0 Å². The Hall–Kier alpha value is -3.09. The molecule has 0 radical (unpaired) electrons. The van der Waals surface area contributed by atoms with E-state index in [-0.39, 0.29) is 17.8 Å². The first-order valence-electron chi connectivity index (χ1n) is 9.70. The molecule has 0 bridgehead atoms. The highest BCUT2D eigenvalue weighted by Crippen LogP contribution is 2.33. The fourth-order valence-electron chi connectivity index (χ4n) is 3.54. The van der Waals surface area contributed by atoms with Crippen molar-refractivity contribution in [1.29, 1.82) is 0 Å². The van der Waals surface area contributed by atoms with Gasteiger partial charge in [0, 0.05) is 36.6 Å². The number of benzene rings is 1. The van der Waals surface area contributed by atoms with E-state index in [0.29, 0.717) is 36.8 Å². The molecule has 1 aliphatic rings. The summed E-state index contributed by atoms with van der Waals surface area (Å²) >= 11 is 0. The Balaban J connectivity index is 1.84. The molecular weight excluding hydrogens is 372 g/mol. The number of piperidine rings is 1. The lowest BCUT2D eigenvalue weighted by Gasteiger charge is -2.31. The number of hydrogen-bond donors (Lipinski definition) is 0. The third-order valence-corrected chi connectivity index (χ3v) is 5.03. The van der Waals surface area contributed by atoms with E-state index in [1.165, 1.54) is 0 Å². The quantitative estimate of drug-likeness (QED) is 0.696. The van der Waals surface area contributed by atoms with Crippen LogP contribution in [0.1, 0.15) is 30.1 Å². The van der Waals surface area contributed by atoms with Crippen LogP contribution in [0.3, 0.4) is 0 Å². The number of pyridine rings is 1. The fourth-order valence-corrected chi connectivity index (χ4v) is 3.54. The Morgan fingerprint density at radius 2 is 2.00 bits per heavy atom. The molecule has 7 nitrogen and oxygen atoms in total. The molecule has 2 heterocycles. The minimum absolute atomic E-state index is 0.143. The summed E-state index contributed by atoms with van der Waals surface area (Å²) in [5.74, 6) is 0.693. The second-order valence-electron chi connectivity index (χ2n) is 6.87. The SMILES string of the molecule is CCOC(=O)C1CCCN(C(=O)c2cncc(-c3cc(OC)ccc3OC)c2)C1. The third-order valence-electron chi connectivity index (χ3n) is 5.03. The molecule has 1 aromatic carbocycles. The van der Waals surface area contributed by atoms with E-state index in [1.807, 2.05) is 18.2 Å². The van der Waals surface area contributed by atoms with Crippen LogP contribution in [0.5, 0.6) is 11.5 Å². The number of carbonyl (C=O) groups is 2. The number of esters is 1. The number of aromatic nitrogens is 1. The molecule has 1 atom stereocenters. The Morgan fingerprint density at radius 1 is 1.17 bits per heavy atom. The lowest BCUT2D eigenvalue weighted by molar-refractivity contribution is -0.149. The first-order chi connectivity index (χ1) is 14.1. The number of carbonyl (C=O) groups excluding carboxylic acids is 2. The smallest absolute Gasteiger partial charge is 0.310 e. The van der Waals surface area contributed by atoms with Gasteiger partial charge < -0.3 is 19.1 Å². The molecule has 7 heteroatoms. The molecule has 1 saturated heterocycles. The van der Waals surface area contributed by atoms with E-state index in [2.05, 4.69) is 4.98 Å². The van der Waals surface area contributed by atoms with E-state index in [9.17, 15) is 9.59 Å². The summed E-state index contributed by atoms with van der Waals surface area (Å²) in [5, 5.41) is 0. The van der Waals surface area contributed by atoms with E-state index >= 15 is 0 Å². The van der Waals surface area contributed by atoms with Crippen molar-refractivity contribution >= 4 is 11.9 Å². The van der Waals surface area contributed by atoms with Crippen LogP contribution in [0.4, 0.5) is 0 Å². The van der Waals surface area contributed by atoms with Crippen LogP contribution in [0, 0.1) is 5.92 Å². The summed E-state index contributed by atoms with van der Waals surface area (Å²) in [4.78, 5) is 31.1. The average Bonchev–Trinajstić information content (AvgIpc) is 2.78. The highest BCUT2D eigenvalue weighted by atomic mass is 16.5. The van der Waals surface area contributed by atoms with Gasteiger partial charge in [-0.25, -0.2) is 0 Å². The zero-order valence-corrected chi connectivity index (χ0v) is 17.0. The topological polar surface area (TPSA) is 78.0 Å². The van der Waals surface area contributed by atoms with Gasteiger partial charge in [0.2, 0.25) is 0 Å². The van der Waals surface area contributed by atoms with Crippen molar-refractivity contribution in [3.63, 3.8) is 0 Å². The van der Waals surface area contributed by atoms with Gasteiger partial charge in [0.15, 0.2) is 0 Å². The third kappa shape index (κ3) is 4.67. The van der Waals surface area contributed by atoms with Gasteiger partial charge in [-0.3, -0.25) is 14.6 Å². The molecule has 1 aromatic heterocycles. The Bertz CT molecular complexity index is 883. The first-order valence-corrected chi connectivity index (χ1v) is 9.70. The predicted octanol–water partition coefficient (Wildman–Crippen LogP) is 3.18. The number of rotatable bonds is 6. The Kier molecular flexibility index (Phi) is 6.69. The maximum atomic E-state index is 13.1. The number of ether oxygens (including phenoxy) is 3. The van der Waals surface area contributed by atoms with Crippen LogP contribution >= 0.6 is 0 Å². The normalized spacial score (nSPS) is 16.2. The minimum atomic E-state index is -0.276. The van der Waals surface area contributed by atoms with Crippen LogP contribution < -0.4 is 9.47 Å². The lowest BCUT2D eigenvalue weighted by Crippen LogP contribution is -2.42. The van der Waals surface area contributed by atoms with Crippen molar-refractivity contribution in [1.82, 2.24) is 9.88 Å². The summed E-state index contributed by atoms with van der Waals surface area (Å²) in [6, 6.07) is 7.27. The first kappa shape index (κ1) is 20.6. The maximum absolute atomic E-state index is 13.1. The van der Waals surface area contributed by atoms with Gasteiger partial charge in [-0.1, -0.05) is 0 Å². The molecule has 1 aliphatic heterocycles. The largest absolute Gasteiger partial charge is 0.497 e. The van der Waals surface area contributed by atoms with E-state index in [1.54, 1.807) is 44.5 Å². The van der Waals surface area contributed by atoms with E-state index in [4.69, 9.17) is 14.2 Å². The van der Waals surface area contributed by atoms with Gasteiger partial charge in [0.25, 0.3) is 5.91 Å². The molecule has 29 heavy (non-hydrogen) atoms. The van der Waals surface area contributed by atoms with Crippen molar-refractivity contribution in [2.75, 3.05) is 33.9 Å². The number of likely N-dealkylation sites (tertiary alicyclic amines) is 1. The zero-order valence-electron chi connectivity index (χ0n) is 17.0. The second-order valence-corrected chi connectivity index (χ2v) is 6.87. The average molecular weight is 398 g/mol. The summed E-state index contributed by atoms with van der Waals surface area (Å²) in [6.07, 6.45) is 4.74. The van der Waals surface area contributed by atoms with Gasteiger partial charge in [0.1, 0.15) is 11.5 Å². The summed E-state index contributed by atoms with van der Waals surface area (Å²) in [7, 11) is 3.19. The van der Waals surface area contributed by atoms with Gasteiger partial charge in [-0.05, 0) is 44.0 Å². The van der Waals surface area contributed by atoms with Crippen LogP contribution in [0.15, 0.2) is 36.7 Å². The molecule has 3 rings (SSSR count). The second kappa shape index (κ2) is 9.41. The Morgan fingerprint density at radius 3 is 2.72 bits per heavy atom. The maximum Gasteiger partial charge on any atom is 0.310 e. The van der Waals surface area contributed by atoms with Crippen molar-refractivity contribution in [2.45, 2.75) is 19.8 Å². The molecule has 154 valence electrons. The van der Waals surface area contributed by atoms with E-state index < -0.39 is 0 Å². The van der Waals surface area contributed by atoms with Crippen LogP contribution in [-0.2, 0) is 9.53 Å². The predicted molar refractivity (Wildman–Crippen MR) is 108 cm³/mol. The molecule has 0 spiro atoms. The summed E-state index contributed by atoms with van der Waals surface area (Å²) in [5.41, 5.74) is 2.01. The van der Waals surface area contributed by atoms with E-state index in [0.717, 1.165) is 24.0 Å². The van der Waals surface area contributed by atoms with Gasteiger partial charge in [-0.2, -0.15) is 0 Å². The lowest BCUT2D eigenvalue weighted by atomic mass is 9.97. The van der Waals surface area contributed by atoms with Crippen LogP contribution in [0.2, 0.25) is 0 Å². The number of nitrogens with zero attached hydrogens (tertiary/aromatic N) is 2. The fraction of sp³-hybridized carbons (Fsp3) is 0.409. The van der Waals surface area contributed by atoms with Crippen LogP contribution in [-0.4, -0.2) is 55.7 Å². The zero-order chi connectivity index (χ0) is 20.8. The molecule has 2 aromatic rings. The van der Waals surface area contributed by atoms with Crippen molar-refractivity contribution in [3.8, 4) is 22.6 Å². The summed E-state index contributed by atoms with van der Waals surface area (Å²) < 4.78 is 15.9.